The molecule has 0 saturated carbocycles. The van der Waals surface area contributed by atoms with E-state index in [1.807, 2.05) is 12.1 Å². The Morgan fingerprint density at radius 3 is 2.56 bits per heavy atom. The van der Waals surface area contributed by atoms with Crippen molar-refractivity contribution in [1.82, 2.24) is 15.6 Å². The zero-order valence-corrected chi connectivity index (χ0v) is 17.8. The highest BCUT2D eigenvalue weighted by Crippen LogP contribution is 2.19. The van der Waals surface area contributed by atoms with Crippen LogP contribution < -0.4 is 10.6 Å². The Morgan fingerprint density at radius 1 is 1.20 bits per heavy atom. The lowest BCUT2D eigenvalue weighted by atomic mass is 10.1. The number of halogens is 1. The van der Waals surface area contributed by atoms with Gasteiger partial charge >= 0.3 is 0 Å². The Morgan fingerprint density at radius 2 is 1.92 bits per heavy atom. The van der Waals surface area contributed by atoms with Crippen LogP contribution in [0.25, 0.3) is 11.5 Å². The number of hydrogen-bond acceptors (Lipinski definition) is 3. The summed E-state index contributed by atoms with van der Waals surface area (Å²) in [5, 5.41) is 6.60. The monoisotopic (exact) mass is 456 g/mol. The van der Waals surface area contributed by atoms with Crippen molar-refractivity contribution < 1.29 is 4.42 Å². The van der Waals surface area contributed by atoms with Gasteiger partial charge in [-0.2, -0.15) is 0 Å². The molecule has 0 unspecified atom stereocenters. The minimum Gasteiger partial charge on any atom is -0.444 e. The van der Waals surface area contributed by atoms with Crippen LogP contribution in [0.5, 0.6) is 0 Å². The minimum atomic E-state index is 0. The molecule has 2 rings (SSSR count). The number of guanidine groups is 1. The lowest BCUT2D eigenvalue weighted by Gasteiger charge is -2.11. The molecule has 1 aromatic carbocycles. The highest BCUT2D eigenvalue weighted by atomic mass is 127. The van der Waals surface area contributed by atoms with Crippen LogP contribution >= 0.6 is 24.0 Å². The predicted octanol–water partition coefficient (Wildman–Crippen LogP) is 4.37. The fourth-order valence-electron chi connectivity index (χ4n) is 2.19. The smallest absolute Gasteiger partial charge is 0.226 e. The van der Waals surface area contributed by atoms with Crippen LogP contribution in [0.4, 0.5) is 0 Å². The lowest BCUT2D eigenvalue weighted by molar-refractivity contribution is 0.571. The van der Waals surface area contributed by atoms with Crippen LogP contribution in [-0.4, -0.2) is 24.0 Å². The van der Waals surface area contributed by atoms with Gasteiger partial charge in [0.2, 0.25) is 5.89 Å². The van der Waals surface area contributed by atoms with Crippen LogP contribution in [0.1, 0.15) is 38.4 Å². The summed E-state index contributed by atoms with van der Waals surface area (Å²) in [7, 11) is 0. The normalized spacial score (nSPS) is 11.3. The first kappa shape index (κ1) is 21.5. The van der Waals surface area contributed by atoms with Crippen molar-refractivity contribution in [3.8, 4) is 11.5 Å². The molecule has 5 nitrogen and oxygen atoms in total. The average Bonchev–Trinajstić information content (AvgIpc) is 3.02. The van der Waals surface area contributed by atoms with Crippen LogP contribution in [0, 0.1) is 12.8 Å². The summed E-state index contributed by atoms with van der Waals surface area (Å²) in [6.07, 6.45) is 2.79. The third-order valence-electron chi connectivity index (χ3n) is 3.61. The molecular formula is C19H29IN4O. The maximum atomic E-state index is 5.57. The Kier molecular flexibility index (Phi) is 9.55. The number of nitrogens with one attached hydrogen (secondary N) is 2. The molecule has 0 radical (unpaired) electrons. The topological polar surface area (TPSA) is 62.5 Å². The molecule has 2 aromatic rings. The summed E-state index contributed by atoms with van der Waals surface area (Å²) in [5.41, 5.74) is 3.03. The van der Waals surface area contributed by atoms with E-state index in [2.05, 4.69) is 60.4 Å². The van der Waals surface area contributed by atoms with Crippen molar-refractivity contribution >= 4 is 29.9 Å². The number of aryl methyl sites for hydroxylation is 1. The molecule has 1 aromatic heterocycles. The summed E-state index contributed by atoms with van der Waals surface area (Å²) in [4.78, 5) is 9.10. The van der Waals surface area contributed by atoms with Gasteiger partial charge in [0.15, 0.2) is 5.96 Å². The molecular weight excluding hydrogens is 427 g/mol. The first-order valence-electron chi connectivity index (χ1n) is 8.62. The van der Waals surface area contributed by atoms with E-state index in [-0.39, 0.29) is 24.0 Å². The molecule has 138 valence electrons. The molecule has 2 N–H and O–H groups in total. The first-order valence-corrected chi connectivity index (χ1v) is 8.62. The third-order valence-corrected chi connectivity index (χ3v) is 3.61. The molecule has 0 aliphatic carbocycles. The summed E-state index contributed by atoms with van der Waals surface area (Å²) in [6, 6.07) is 8.15. The molecule has 1 heterocycles. The zero-order chi connectivity index (χ0) is 17.4. The van der Waals surface area contributed by atoms with Gasteiger partial charge < -0.3 is 15.1 Å². The van der Waals surface area contributed by atoms with E-state index in [1.165, 1.54) is 5.56 Å². The van der Waals surface area contributed by atoms with E-state index in [9.17, 15) is 0 Å². The van der Waals surface area contributed by atoms with Crippen molar-refractivity contribution in [3.63, 3.8) is 0 Å². The number of aromatic nitrogens is 1. The van der Waals surface area contributed by atoms with E-state index >= 15 is 0 Å². The van der Waals surface area contributed by atoms with Gasteiger partial charge in [-0.05, 0) is 38.3 Å². The summed E-state index contributed by atoms with van der Waals surface area (Å²) >= 11 is 0. The van der Waals surface area contributed by atoms with E-state index < -0.39 is 0 Å². The highest BCUT2D eigenvalue weighted by Gasteiger charge is 2.06. The fraction of sp³-hybridized carbons (Fsp3) is 0.474. The summed E-state index contributed by atoms with van der Waals surface area (Å²) < 4.78 is 5.57. The summed E-state index contributed by atoms with van der Waals surface area (Å²) in [5.74, 6) is 2.13. The van der Waals surface area contributed by atoms with Gasteiger partial charge in [-0.3, -0.25) is 0 Å². The van der Waals surface area contributed by atoms with Gasteiger partial charge in [-0.1, -0.05) is 31.5 Å². The molecule has 0 saturated heterocycles. The maximum absolute atomic E-state index is 5.57. The van der Waals surface area contributed by atoms with Crippen molar-refractivity contribution in [2.75, 3.05) is 13.1 Å². The first-order chi connectivity index (χ1) is 11.6. The highest BCUT2D eigenvalue weighted by molar-refractivity contribution is 14.0. The Labute approximate surface area is 167 Å². The van der Waals surface area contributed by atoms with Gasteiger partial charge in [0, 0.05) is 18.7 Å². The molecule has 0 atom stereocenters. The van der Waals surface area contributed by atoms with Crippen molar-refractivity contribution in [3.05, 3.63) is 41.8 Å². The van der Waals surface area contributed by atoms with Crippen LogP contribution in [0.15, 0.2) is 39.9 Å². The van der Waals surface area contributed by atoms with Crippen LogP contribution in [0.3, 0.4) is 0 Å². The van der Waals surface area contributed by atoms with Gasteiger partial charge in [-0.25, -0.2) is 9.98 Å². The lowest BCUT2D eigenvalue weighted by Crippen LogP contribution is -2.38. The Balaban J connectivity index is 0.00000312. The van der Waals surface area contributed by atoms with Gasteiger partial charge in [0.25, 0.3) is 0 Å². The van der Waals surface area contributed by atoms with Gasteiger partial charge in [0.1, 0.15) is 12.0 Å². The van der Waals surface area contributed by atoms with Crippen molar-refractivity contribution in [2.45, 2.75) is 40.7 Å². The van der Waals surface area contributed by atoms with Crippen molar-refractivity contribution in [2.24, 2.45) is 10.9 Å². The number of benzene rings is 1. The second kappa shape index (κ2) is 11.1. The van der Waals surface area contributed by atoms with Crippen molar-refractivity contribution in [1.29, 1.82) is 0 Å². The summed E-state index contributed by atoms with van der Waals surface area (Å²) in [6.45, 7) is 10.8. The average molecular weight is 456 g/mol. The molecule has 0 spiro atoms. The second-order valence-corrected chi connectivity index (χ2v) is 6.31. The Hall–Kier alpha value is -1.57. The molecule has 0 amide bonds. The number of rotatable bonds is 7. The third kappa shape index (κ3) is 7.46. The molecule has 25 heavy (non-hydrogen) atoms. The largest absolute Gasteiger partial charge is 0.444 e. The standard InChI is InChI=1S/C19H28N4O.HI/c1-5-20-19(21-11-10-14(2)3)22-12-17-13-24-18(23-17)16-8-6-15(4)7-9-16;/h6-9,13-14H,5,10-12H2,1-4H3,(H2,20,21,22);1H. The van der Waals surface area contributed by atoms with E-state index in [1.54, 1.807) is 6.26 Å². The van der Waals surface area contributed by atoms with Crippen LogP contribution in [0.2, 0.25) is 0 Å². The van der Waals surface area contributed by atoms with E-state index in [0.717, 1.165) is 36.7 Å². The molecule has 0 aliphatic rings. The van der Waals surface area contributed by atoms with Crippen LogP contribution in [-0.2, 0) is 6.54 Å². The molecule has 6 heteroatoms. The maximum Gasteiger partial charge on any atom is 0.226 e. The Bertz CT molecular complexity index is 650. The number of aliphatic imine (C=N–C) groups is 1. The van der Waals surface area contributed by atoms with E-state index in [4.69, 9.17) is 4.42 Å². The second-order valence-electron chi connectivity index (χ2n) is 6.31. The van der Waals surface area contributed by atoms with Gasteiger partial charge in [0.05, 0.1) is 6.54 Å². The fourth-order valence-corrected chi connectivity index (χ4v) is 2.19. The number of oxazole rings is 1. The van der Waals surface area contributed by atoms with E-state index in [0.29, 0.717) is 18.4 Å². The van der Waals surface area contributed by atoms with Gasteiger partial charge in [-0.15, -0.1) is 24.0 Å². The molecule has 0 aliphatic heterocycles. The molecule has 0 bridgehead atoms. The quantitative estimate of drug-likeness (QED) is 0.369. The molecule has 0 fully saturated rings. The minimum absolute atomic E-state index is 0. The number of nitrogens with zero attached hydrogens (tertiary/aromatic N) is 2. The number of hydrogen-bond donors (Lipinski definition) is 2. The SMILES string of the molecule is CCNC(=NCc1coc(-c2ccc(C)cc2)n1)NCCC(C)C.I. The predicted molar refractivity (Wildman–Crippen MR) is 114 cm³/mol. The zero-order valence-electron chi connectivity index (χ0n) is 15.5.